The second-order valence-electron chi connectivity index (χ2n) is 6.32. The van der Waals surface area contributed by atoms with Gasteiger partial charge in [-0.1, -0.05) is 43.9 Å². The average molecular weight is 278 g/mol. The number of hydrogen-bond acceptors (Lipinski definition) is 1. The molecule has 2 aliphatic rings. The molecule has 0 bridgehead atoms. The van der Waals surface area contributed by atoms with Gasteiger partial charge in [0.15, 0.2) is 0 Å². The number of fused-ring (bicyclic) bond motifs is 1. The number of halogens is 1. The third-order valence-electron chi connectivity index (χ3n) is 4.96. The van der Waals surface area contributed by atoms with Crippen molar-refractivity contribution in [3.63, 3.8) is 0 Å². The van der Waals surface area contributed by atoms with E-state index in [0.717, 1.165) is 10.9 Å². The second-order valence-corrected chi connectivity index (χ2v) is 6.76. The predicted molar refractivity (Wildman–Crippen MR) is 81.7 cm³/mol. The van der Waals surface area contributed by atoms with E-state index in [1.165, 1.54) is 56.1 Å². The molecule has 104 valence electrons. The number of benzene rings is 1. The smallest absolute Gasteiger partial charge is 0.0408 e. The van der Waals surface area contributed by atoms with E-state index in [2.05, 4.69) is 24.4 Å². The average Bonchev–Trinajstić information content (AvgIpc) is 2.67. The quantitative estimate of drug-likeness (QED) is 0.759. The zero-order valence-corrected chi connectivity index (χ0v) is 12.5. The molecule has 2 aliphatic carbocycles. The van der Waals surface area contributed by atoms with E-state index in [4.69, 9.17) is 11.6 Å². The Hall–Kier alpha value is -0.530. The van der Waals surface area contributed by atoms with Crippen LogP contribution in [0.4, 0.5) is 0 Å². The summed E-state index contributed by atoms with van der Waals surface area (Å²) in [6, 6.07) is 7.67. The van der Waals surface area contributed by atoms with Crippen molar-refractivity contribution in [3.05, 3.63) is 34.3 Å². The third kappa shape index (κ3) is 2.98. The Balaban J connectivity index is 1.71. The Morgan fingerprint density at radius 3 is 2.84 bits per heavy atom. The van der Waals surface area contributed by atoms with Gasteiger partial charge in [0, 0.05) is 17.1 Å². The fourth-order valence-corrected chi connectivity index (χ4v) is 3.95. The van der Waals surface area contributed by atoms with Gasteiger partial charge in [0.25, 0.3) is 0 Å². The Labute approximate surface area is 121 Å². The Kier molecular flexibility index (Phi) is 4.14. The molecule has 0 radical (unpaired) electrons. The molecule has 2 heteroatoms. The van der Waals surface area contributed by atoms with Gasteiger partial charge in [0.1, 0.15) is 0 Å². The van der Waals surface area contributed by atoms with E-state index in [1.807, 2.05) is 6.07 Å². The standard InChI is InChI=1S/C17H24ClN/c1-12-5-3-2-4-6-16(12)19-17-10-7-13-11-14(18)8-9-15(13)17/h8-9,11-12,16-17,19H,2-7,10H2,1H3. The normalized spacial score (nSPS) is 30.9. The molecule has 1 saturated carbocycles. The Morgan fingerprint density at radius 2 is 1.95 bits per heavy atom. The van der Waals surface area contributed by atoms with Crippen molar-refractivity contribution < 1.29 is 0 Å². The lowest BCUT2D eigenvalue weighted by atomic mass is 9.95. The first kappa shape index (κ1) is 13.5. The van der Waals surface area contributed by atoms with E-state index in [1.54, 1.807) is 0 Å². The summed E-state index contributed by atoms with van der Waals surface area (Å²) in [7, 11) is 0. The molecular weight excluding hydrogens is 254 g/mol. The highest BCUT2D eigenvalue weighted by atomic mass is 35.5. The summed E-state index contributed by atoms with van der Waals surface area (Å²) in [4.78, 5) is 0. The maximum atomic E-state index is 6.09. The van der Waals surface area contributed by atoms with E-state index in [-0.39, 0.29) is 0 Å². The summed E-state index contributed by atoms with van der Waals surface area (Å²) in [5.74, 6) is 0.818. The van der Waals surface area contributed by atoms with Crippen LogP contribution in [0.2, 0.25) is 5.02 Å². The summed E-state index contributed by atoms with van der Waals surface area (Å²) >= 11 is 6.09. The molecule has 1 aromatic carbocycles. The highest BCUT2D eigenvalue weighted by molar-refractivity contribution is 6.30. The van der Waals surface area contributed by atoms with Crippen molar-refractivity contribution in [1.82, 2.24) is 5.32 Å². The molecule has 0 heterocycles. The van der Waals surface area contributed by atoms with Gasteiger partial charge in [-0.2, -0.15) is 0 Å². The van der Waals surface area contributed by atoms with E-state index in [0.29, 0.717) is 12.1 Å². The van der Waals surface area contributed by atoms with E-state index in [9.17, 15) is 0 Å². The molecule has 1 nitrogen and oxygen atoms in total. The molecule has 3 atom stereocenters. The van der Waals surface area contributed by atoms with Crippen LogP contribution in [0.1, 0.15) is 62.6 Å². The van der Waals surface area contributed by atoms with Crippen LogP contribution in [0.25, 0.3) is 0 Å². The number of rotatable bonds is 2. The first-order chi connectivity index (χ1) is 9.24. The fourth-order valence-electron chi connectivity index (χ4n) is 3.76. The molecule has 1 aromatic rings. The van der Waals surface area contributed by atoms with E-state index >= 15 is 0 Å². The molecule has 0 spiro atoms. The minimum Gasteiger partial charge on any atom is -0.307 e. The van der Waals surface area contributed by atoms with Gasteiger partial charge in [-0.15, -0.1) is 0 Å². The van der Waals surface area contributed by atoms with Crippen LogP contribution in [0.15, 0.2) is 18.2 Å². The first-order valence-corrected chi connectivity index (χ1v) is 8.16. The summed E-state index contributed by atoms with van der Waals surface area (Å²) < 4.78 is 0. The minimum atomic E-state index is 0.554. The van der Waals surface area contributed by atoms with Gasteiger partial charge in [-0.3, -0.25) is 0 Å². The van der Waals surface area contributed by atoms with Crippen LogP contribution in [-0.4, -0.2) is 6.04 Å². The molecule has 3 rings (SSSR count). The topological polar surface area (TPSA) is 12.0 Å². The molecule has 19 heavy (non-hydrogen) atoms. The molecule has 1 N–H and O–H groups in total. The van der Waals surface area contributed by atoms with E-state index < -0.39 is 0 Å². The lowest BCUT2D eigenvalue weighted by Crippen LogP contribution is -2.36. The maximum absolute atomic E-state index is 6.09. The van der Waals surface area contributed by atoms with Gasteiger partial charge in [0.05, 0.1) is 0 Å². The van der Waals surface area contributed by atoms with Gasteiger partial charge >= 0.3 is 0 Å². The van der Waals surface area contributed by atoms with Crippen molar-refractivity contribution >= 4 is 11.6 Å². The number of nitrogens with one attached hydrogen (secondary N) is 1. The Morgan fingerprint density at radius 1 is 1.11 bits per heavy atom. The lowest BCUT2D eigenvalue weighted by Gasteiger charge is -2.27. The highest BCUT2D eigenvalue weighted by Crippen LogP contribution is 2.35. The van der Waals surface area contributed by atoms with Gasteiger partial charge in [0.2, 0.25) is 0 Å². The fraction of sp³-hybridized carbons (Fsp3) is 0.647. The monoisotopic (exact) mass is 277 g/mol. The predicted octanol–water partition coefficient (Wildman–Crippen LogP) is 4.89. The summed E-state index contributed by atoms with van der Waals surface area (Å²) in [6.45, 7) is 2.42. The van der Waals surface area contributed by atoms with Crippen LogP contribution in [-0.2, 0) is 6.42 Å². The zero-order chi connectivity index (χ0) is 13.2. The molecule has 0 amide bonds. The summed E-state index contributed by atoms with van der Waals surface area (Å²) in [5, 5.41) is 4.82. The first-order valence-electron chi connectivity index (χ1n) is 7.78. The van der Waals surface area contributed by atoms with Crippen molar-refractivity contribution in [1.29, 1.82) is 0 Å². The van der Waals surface area contributed by atoms with Gasteiger partial charge in [-0.05, 0) is 54.9 Å². The highest BCUT2D eigenvalue weighted by Gasteiger charge is 2.27. The third-order valence-corrected chi connectivity index (χ3v) is 5.19. The molecule has 1 fully saturated rings. The van der Waals surface area contributed by atoms with Crippen molar-refractivity contribution in [2.45, 2.75) is 64.0 Å². The zero-order valence-electron chi connectivity index (χ0n) is 11.8. The number of hydrogen-bond donors (Lipinski definition) is 1. The largest absolute Gasteiger partial charge is 0.307 e. The molecule has 0 saturated heterocycles. The minimum absolute atomic E-state index is 0.554. The Bertz CT molecular complexity index is 443. The number of aryl methyl sites for hydroxylation is 1. The maximum Gasteiger partial charge on any atom is 0.0408 e. The SMILES string of the molecule is CC1CCCCCC1NC1CCc2cc(Cl)ccc21. The van der Waals surface area contributed by atoms with Gasteiger partial charge in [-0.25, -0.2) is 0 Å². The summed E-state index contributed by atoms with van der Waals surface area (Å²) in [6.07, 6.45) is 9.36. The van der Waals surface area contributed by atoms with Crippen molar-refractivity contribution in [3.8, 4) is 0 Å². The van der Waals surface area contributed by atoms with Crippen molar-refractivity contribution in [2.24, 2.45) is 5.92 Å². The van der Waals surface area contributed by atoms with Gasteiger partial charge < -0.3 is 5.32 Å². The second kappa shape index (κ2) is 5.85. The molecular formula is C17H24ClN. The molecule has 3 unspecified atom stereocenters. The van der Waals surface area contributed by atoms with Crippen molar-refractivity contribution in [2.75, 3.05) is 0 Å². The van der Waals surface area contributed by atoms with Crippen LogP contribution < -0.4 is 5.32 Å². The van der Waals surface area contributed by atoms with Crippen LogP contribution >= 0.6 is 11.6 Å². The summed E-state index contributed by atoms with van der Waals surface area (Å²) in [5.41, 5.74) is 2.94. The van der Waals surface area contributed by atoms with Crippen LogP contribution in [0.5, 0.6) is 0 Å². The van der Waals surface area contributed by atoms with Crippen LogP contribution in [0, 0.1) is 5.92 Å². The molecule has 0 aromatic heterocycles. The molecule has 0 aliphatic heterocycles. The van der Waals surface area contributed by atoms with Crippen LogP contribution in [0.3, 0.4) is 0 Å². The lowest BCUT2D eigenvalue weighted by molar-refractivity contribution is 0.321.